The fourth-order valence-corrected chi connectivity index (χ4v) is 4.00. The van der Waals surface area contributed by atoms with Crippen LogP contribution in [0.2, 0.25) is 0 Å². The van der Waals surface area contributed by atoms with E-state index in [1.165, 1.54) is 56.5 Å². The fraction of sp³-hybridized carbons (Fsp3) is 0.667. The van der Waals surface area contributed by atoms with Gasteiger partial charge in [0, 0.05) is 20.1 Å². The predicted molar refractivity (Wildman–Crippen MR) is 118 cm³/mol. The number of guanidine groups is 1. The van der Waals surface area contributed by atoms with Crippen LogP contribution < -0.4 is 15.4 Å². The van der Waals surface area contributed by atoms with Gasteiger partial charge >= 0.3 is 0 Å². The molecule has 1 aliphatic heterocycles. The smallest absolute Gasteiger partial charge is 0.191 e. The number of thioether (sulfide) groups is 1. The molecule has 2 rings (SSSR count). The van der Waals surface area contributed by atoms with Crippen LogP contribution in [-0.4, -0.2) is 63.2 Å². The number of rotatable bonds is 10. The number of piperidine rings is 1. The minimum absolute atomic E-state index is 0.353. The van der Waals surface area contributed by atoms with Crippen LogP contribution in [0.25, 0.3) is 0 Å². The Labute approximate surface area is 169 Å². The molecule has 1 aromatic rings. The molecule has 152 valence electrons. The number of nitrogens with one attached hydrogen (secondary N) is 2. The van der Waals surface area contributed by atoms with Crippen LogP contribution in [0.5, 0.6) is 5.75 Å². The van der Waals surface area contributed by atoms with Crippen LogP contribution in [0.3, 0.4) is 0 Å². The predicted octanol–water partition coefficient (Wildman–Crippen LogP) is 3.53. The van der Waals surface area contributed by atoms with Gasteiger partial charge in [-0.2, -0.15) is 11.8 Å². The van der Waals surface area contributed by atoms with Gasteiger partial charge in [0.1, 0.15) is 5.75 Å². The lowest BCUT2D eigenvalue weighted by Gasteiger charge is -2.35. The monoisotopic (exact) mass is 392 g/mol. The van der Waals surface area contributed by atoms with Gasteiger partial charge in [-0.05, 0) is 68.5 Å². The van der Waals surface area contributed by atoms with Gasteiger partial charge < -0.3 is 15.4 Å². The standard InChI is InChI=1S/C21H36N4OS/c1-22-21(23-13-5-8-16-27-3)24-17-20(25-14-6-4-7-15-25)18-9-11-19(26-2)12-10-18/h9-12,20H,4-8,13-17H2,1-3H3,(H2,22,23,24). The number of aliphatic imine (C=N–C) groups is 1. The molecular weight excluding hydrogens is 356 g/mol. The van der Waals surface area contributed by atoms with Crippen molar-refractivity contribution in [2.24, 2.45) is 4.99 Å². The van der Waals surface area contributed by atoms with Gasteiger partial charge in [-0.25, -0.2) is 0 Å². The van der Waals surface area contributed by atoms with Crippen LogP contribution in [0.15, 0.2) is 29.3 Å². The highest BCUT2D eigenvalue weighted by atomic mass is 32.2. The van der Waals surface area contributed by atoms with E-state index in [0.29, 0.717) is 6.04 Å². The molecule has 27 heavy (non-hydrogen) atoms. The molecule has 6 heteroatoms. The van der Waals surface area contributed by atoms with Gasteiger partial charge in [0.25, 0.3) is 0 Å². The maximum absolute atomic E-state index is 5.32. The van der Waals surface area contributed by atoms with E-state index in [4.69, 9.17) is 4.74 Å². The second kappa shape index (κ2) is 12.9. The van der Waals surface area contributed by atoms with Gasteiger partial charge in [-0.15, -0.1) is 0 Å². The van der Waals surface area contributed by atoms with Crippen molar-refractivity contribution in [3.05, 3.63) is 29.8 Å². The number of likely N-dealkylation sites (tertiary alicyclic amines) is 1. The van der Waals surface area contributed by atoms with E-state index in [1.54, 1.807) is 7.11 Å². The molecule has 1 heterocycles. The summed E-state index contributed by atoms with van der Waals surface area (Å²) in [6.45, 7) is 4.16. The third-order valence-electron chi connectivity index (χ3n) is 5.09. The molecule has 0 amide bonds. The molecule has 0 aromatic heterocycles. The van der Waals surface area contributed by atoms with E-state index in [9.17, 15) is 0 Å². The van der Waals surface area contributed by atoms with Gasteiger partial charge in [-0.1, -0.05) is 18.6 Å². The summed E-state index contributed by atoms with van der Waals surface area (Å²) in [6.07, 6.45) is 8.50. The van der Waals surface area contributed by atoms with Crippen molar-refractivity contribution in [1.82, 2.24) is 15.5 Å². The van der Waals surface area contributed by atoms with E-state index >= 15 is 0 Å². The molecule has 1 fully saturated rings. The summed E-state index contributed by atoms with van der Waals surface area (Å²) < 4.78 is 5.32. The zero-order chi connectivity index (χ0) is 19.3. The molecule has 1 unspecified atom stereocenters. The number of nitrogens with zero attached hydrogens (tertiary/aromatic N) is 2. The first-order valence-electron chi connectivity index (χ1n) is 10.1. The van der Waals surface area contributed by atoms with Crippen molar-refractivity contribution < 1.29 is 4.74 Å². The first-order chi connectivity index (χ1) is 13.3. The Balaban J connectivity index is 1.94. The summed E-state index contributed by atoms with van der Waals surface area (Å²) in [5, 5.41) is 6.99. The average Bonchev–Trinajstić information content (AvgIpc) is 2.73. The van der Waals surface area contributed by atoms with Crippen LogP contribution >= 0.6 is 11.8 Å². The quantitative estimate of drug-likeness (QED) is 0.362. The molecule has 0 radical (unpaired) electrons. The Morgan fingerprint density at radius 3 is 2.52 bits per heavy atom. The number of benzene rings is 1. The van der Waals surface area contributed by atoms with Crippen molar-refractivity contribution in [2.75, 3.05) is 52.3 Å². The van der Waals surface area contributed by atoms with Crippen molar-refractivity contribution in [1.29, 1.82) is 0 Å². The van der Waals surface area contributed by atoms with Gasteiger partial charge in [-0.3, -0.25) is 9.89 Å². The van der Waals surface area contributed by atoms with Gasteiger partial charge in [0.05, 0.1) is 13.2 Å². The third-order valence-corrected chi connectivity index (χ3v) is 5.78. The molecule has 0 aliphatic carbocycles. The highest BCUT2D eigenvalue weighted by Crippen LogP contribution is 2.25. The lowest BCUT2D eigenvalue weighted by molar-refractivity contribution is 0.164. The van der Waals surface area contributed by atoms with Crippen molar-refractivity contribution >= 4 is 17.7 Å². The van der Waals surface area contributed by atoms with Crippen molar-refractivity contribution in [3.63, 3.8) is 0 Å². The highest BCUT2D eigenvalue weighted by molar-refractivity contribution is 7.98. The van der Waals surface area contributed by atoms with E-state index in [2.05, 4.69) is 51.0 Å². The maximum Gasteiger partial charge on any atom is 0.191 e. The third kappa shape index (κ3) is 7.62. The molecule has 1 aliphatic rings. The average molecular weight is 393 g/mol. The van der Waals surface area contributed by atoms with Crippen molar-refractivity contribution in [2.45, 2.75) is 38.1 Å². The minimum Gasteiger partial charge on any atom is -0.497 e. The molecule has 5 nitrogen and oxygen atoms in total. The summed E-state index contributed by atoms with van der Waals surface area (Å²) in [5.74, 6) is 3.03. The molecule has 0 bridgehead atoms. The Kier molecular flexibility index (Phi) is 10.5. The zero-order valence-corrected chi connectivity index (χ0v) is 18.0. The molecule has 0 saturated carbocycles. The molecule has 1 saturated heterocycles. The minimum atomic E-state index is 0.353. The highest BCUT2D eigenvalue weighted by Gasteiger charge is 2.22. The Hall–Kier alpha value is -1.40. The Morgan fingerprint density at radius 1 is 1.15 bits per heavy atom. The van der Waals surface area contributed by atoms with Crippen molar-refractivity contribution in [3.8, 4) is 5.75 Å². The normalized spacial score (nSPS) is 16.8. The van der Waals surface area contributed by atoms with Gasteiger partial charge in [0.2, 0.25) is 0 Å². The molecular formula is C21H36N4OS. The van der Waals surface area contributed by atoms with Gasteiger partial charge in [0.15, 0.2) is 5.96 Å². The van der Waals surface area contributed by atoms with Crippen LogP contribution in [0, 0.1) is 0 Å². The maximum atomic E-state index is 5.32. The number of hydrogen-bond donors (Lipinski definition) is 2. The van der Waals surface area contributed by atoms with E-state index in [0.717, 1.165) is 24.8 Å². The Morgan fingerprint density at radius 2 is 1.89 bits per heavy atom. The van der Waals surface area contributed by atoms with Crippen LogP contribution in [0.4, 0.5) is 0 Å². The first-order valence-corrected chi connectivity index (χ1v) is 11.5. The SMILES string of the molecule is CN=C(NCCCCSC)NCC(c1ccc(OC)cc1)N1CCCCC1. The van der Waals surface area contributed by atoms with Crippen LogP contribution in [0.1, 0.15) is 43.7 Å². The summed E-state index contributed by atoms with van der Waals surface area (Å²) in [4.78, 5) is 7.00. The van der Waals surface area contributed by atoms with E-state index in [-0.39, 0.29) is 0 Å². The fourth-order valence-electron chi connectivity index (χ4n) is 3.51. The molecule has 0 spiro atoms. The molecule has 1 atom stereocenters. The second-order valence-electron chi connectivity index (χ2n) is 6.97. The number of methoxy groups -OCH3 is 1. The molecule has 2 N–H and O–H groups in total. The van der Waals surface area contributed by atoms with Crippen LogP contribution in [-0.2, 0) is 0 Å². The molecule has 1 aromatic carbocycles. The van der Waals surface area contributed by atoms with E-state index in [1.807, 2.05) is 18.8 Å². The first kappa shape index (κ1) is 21.9. The van der Waals surface area contributed by atoms with E-state index < -0.39 is 0 Å². The zero-order valence-electron chi connectivity index (χ0n) is 17.2. The number of hydrogen-bond acceptors (Lipinski definition) is 4. The largest absolute Gasteiger partial charge is 0.497 e. The topological polar surface area (TPSA) is 48.9 Å². The summed E-state index contributed by atoms with van der Waals surface area (Å²) >= 11 is 1.91. The number of ether oxygens (including phenoxy) is 1. The summed E-state index contributed by atoms with van der Waals surface area (Å²) in [7, 11) is 3.56. The summed E-state index contributed by atoms with van der Waals surface area (Å²) in [5.41, 5.74) is 1.33. The number of unbranched alkanes of at least 4 members (excludes halogenated alkanes) is 1. The summed E-state index contributed by atoms with van der Waals surface area (Å²) in [6, 6.07) is 8.86. The lowest BCUT2D eigenvalue weighted by atomic mass is 10.0. The second-order valence-corrected chi connectivity index (χ2v) is 7.95. The lowest BCUT2D eigenvalue weighted by Crippen LogP contribution is -2.44. The Bertz CT molecular complexity index is 544.